The molecule has 13 heteroatoms. The van der Waals surface area contributed by atoms with Crippen LogP contribution in [0.1, 0.15) is 31.3 Å². The van der Waals surface area contributed by atoms with Crippen molar-refractivity contribution >= 4 is 40.7 Å². The smallest absolute Gasteiger partial charge is 0.358 e. The van der Waals surface area contributed by atoms with Crippen LogP contribution in [0.15, 0.2) is 30.3 Å². The lowest BCUT2D eigenvalue weighted by Gasteiger charge is -2.43. The molecule has 0 amide bonds. The SMILES string of the molecule is COC(=O)[C@H]1O[C@@H](Oc2cc3ccccc3nc2C(=O)O)[C@H](OC(C)=O)[C@@H](OC(C)=O)[C@@H]1OC(C)=O. The molecule has 0 saturated carbocycles. The van der Waals surface area contributed by atoms with Gasteiger partial charge in [0.2, 0.25) is 12.4 Å². The van der Waals surface area contributed by atoms with Crippen LogP contribution < -0.4 is 4.74 Å². The molecule has 36 heavy (non-hydrogen) atoms. The summed E-state index contributed by atoms with van der Waals surface area (Å²) in [5, 5.41) is 10.2. The summed E-state index contributed by atoms with van der Waals surface area (Å²) >= 11 is 0. The molecule has 192 valence electrons. The summed E-state index contributed by atoms with van der Waals surface area (Å²) in [7, 11) is 1.04. The Labute approximate surface area is 204 Å². The van der Waals surface area contributed by atoms with Crippen LogP contribution in [-0.2, 0) is 42.9 Å². The van der Waals surface area contributed by atoms with Crippen molar-refractivity contribution in [2.24, 2.45) is 0 Å². The third-order valence-corrected chi connectivity index (χ3v) is 4.97. The minimum Gasteiger partial charge on any atom is -0.476 e. The first kappa shape index (κ1) is 26.3. The number of nitrogens with zero attached hydrogens (tertiary/aromatic N) is 1. The molecule has 2 aromatic rings. The third kappa shape index (κ3) is 5.86. The topological polar surface area (TPSA) is 174 Å². The quantitative estimate of drug-likeness (QED) is 0.417. The molecule has 0 aliphatic carbocycles. The Bertz CT molecular complexity index is 1190. The lowest BCUT2D eigenvalue weighted by molar-refractivity contribution is -0.282. The maximum absolute atomic E-state index is 12.5. The first-order valence-electron chi connectivity index (χ1n) is 10.6. The number of carboxylic acids is 1. The number of aromatic nitrogens is 1. The molecule has 0 radical (unpaired) electrons. The number of hydrogen-bond acceptors (Lipinski definition) is 12. The second-order valence-electron chi connectivity index (χ2n) is 7.62. The Morgan fingerprint density at radius 2 is 1.47 bits per heavy atom. The summed E-state index contributed by atoms with van der Waals surface area (Å²) in [5.74, 6) is -5.33. The monoisotopic (exact) mass is 505 g/mol. The maximum Gasteiger partial charge on any atom is 0.358 e. The fourth-order valence-electron chi connectivity index (χ4n) is 3.64. The van der Waals surface area contributed by atoms with E-state index in [2.05, 4.69) is 4.98 Å². The van der Waals surface area contributed by atoms with Gasteiger partial charge in [-0.05, 0) is 12.1 Å². The molecule has 1 fully saturated rings. The number of esters is 4. The molecule has 1 aliphatic heterocycles. The number of benzene rings is 1. The van der Waals surface area contributed by atoms with Gasteiger partial charge in [0.1, 0.15) is 0 Å². The van der Waals surface area contributed by atoms with Crippen molar-refractivity contribution in [2.45, 2.75) is 51.5 Å². The summed E-state index contributed by atoms with van der Waals surface area (Å²) in [5.41, 5.74) is -0.136. The zero-order valence-electron chi connectivity index (χ0n) is 19.7. The first-order chi connectivity index (χ1) is 17.0. The molecule has 13 nitrogen and oxygen atoms in total. The summed E-state index contributed by atoms with van der Waals surface area (Å²) in [6.07, 6.45) is -8.17. The van der Waals surface area contributed by atoms with E-state index in [0.29, 0.717) is 10.9 Å². The zero-order valence-corrected chi connectivity index (χ0v) is 19.7. The first-order valence-corrected chi connectivity index (χ1v) is 10.6. The molecular weight excluding hydrogens is 482 g/mol. The fourth-order valence-corrected chi connectivity index (χ4v) is 3.64. The minimum atomic E-state index is -1.71. The lowest BCUT2D eigenvalue weighted by atomic mass is 9.97. The van der Waals surface area contributed by atoms with Gasteiger partial charge in [-0.15, -0.1) is 0 Å². The number of pyridine rings is 1. The number of aromatic carboxylic acids is 1. The van der Waals surface area contributed by atoms with E-state index in [0.717, 1.165) is 27.9 Å². The molecule has 2 heterocycles. The number of carboxylic acid groups (broad SMARTS) is 1. The van der Waals surface area contributed by atoms with Gasteiger partial charge in [-0.2, -0.15) is 0 Å². The minimum absolute atomic E-state index is 0.292. The highest BCUT2D eigenvalue weighted by Gasteiger charge is 2.56. The molecule has 0 spiro atoms. The van der Waals surface area contributed by atoms with Gasteiger partial charge >= 0.3 is 29.8 Å². The van der Waals surface area contributed by atoms with Crippen LogP contribution in [0.4, 0.5) is 0 Å². The van der Waals surface area contributed by atoms with Crippen LogP contribution in [0.2, 0.25) is 0 Å². The van der Waals surface area contributed by atoms with Crippen molar-refractivity contribution in [3.63, 3.8) is 0 Å². The van der Waals surface area contributed by atoms with Gasteiger partial charge in [-0.1, -0.05) is 18.2 Å². The van der Waals surface area contributed by atoms with Crippen LogP contribution in [0, 0.1) is 0 Å². The highest BCUT2D eigenvalue weighted by molar-refractivity contribution is 5.93. The zero-order chi connectivity index (χ0) is 26.6. The molecular formula is C23H23NO12. The maximum atomic E-state index is 12.5. The van der Waals surface area contributed by atoms with Crippen LogP contribution >= 0.6 is 0 Å². The molecule has 1 aromatic heterocycles. The van der Waals surface area contributed by atoms with Crippen molar-refractivity contribution < 1.29 is 57.5 Å². The molecule has 5 atom stereocenters. The van der Waals surface area contributed by atoms with Crippen LogP contribution in [0.3, 0.4) is 0 Å². The van der Waals surface area contributed by atoms with E-state index in [-0.39, 0.29) is 5.75 Å². The van der Waals surface area contributed by atoms with Gasteiger partial charge in [0.25, 0.3) is 0 Å². The number of rotatable bonds is 7. The molecule has 0 bridgehead atoms. The van der Waals surface area contributed by atoms with E-state index >= 15 is 0 Å². The lowest BCUT2D eigenvalue weighted by Crippen LogP contribution is -2.64. The normalized spacial score (nSPS) is 23.3. The van der Waals surface area contributed by atoms with E-state index in [4.69, 9.17) is 28.4 Å². The van der Waals surface area contributed by atoms with Gasteiger partial charge in [0, 0.05) is 26.2 Å². The van der Waals surface area contributed by atoms with Crippen molar-refractivity contribution in [1.82, 2.24) is 4.98 Å². The Balaban J connectivity index is 2.12. The molecule has 3 rings (SSSR count). The predicted octanol–water partition coefficient (Wildman–Crippen LogP) is 1.00. The summed E-state index contributed by atoms with van der Waals surface area (Å²) in [4.78, 5) is 64.1. The third-order valence-electron chi connectivity index (χ3n) is 4.97. The van der Waals surface area contributed by atoms with Crippen molar-refractivity contribution in [1.29, 1.82) is 0 Å². The van der Waals surface area contributed by atoms with Gasteiger partial charge in [0.15, 0.2) is 29.8 Å². The summed E-state index contributed by atoms with van der Waals surface area (Å²) in [6, 6.07) is 7.98. The molecule has 0 unspecified atom stereocenters. The highest BCUT2D eigenvalue weighted by Crippen LogP contribution is 2.33. The molecule has 1 N–H and O–H groups in total. The second kappa shape index (κ2) is 11.0. The number of methoxy groups -OCH3 is 1. The summed E-state index contributed by atoms with van der Waals surface area (Å²) < 4.78 is 31.9. The number of hydrogen-bond donors (Lipinski definition) is 1. The van der Waals surface area contributed by atoms with E-state index in [1.54, 1.807) is 24.3 Å². The molecule has 1 aliphatic rings. The standard InChI is InChI=1S/C23H23NO12/c1-10(25)32-17-18(33-11(2)26)20(34-12(3)27)23(36-19(17)22(30)31-4)35-15-9-13-7-5-6-8-14(13)24-16(15)21(28)29/h5-9,17-20,23H,1-4H3,(H,28,29)/t17-,18-,19-,20+,23+/m0/s1. The predicted molar refractivity (Wildman–Crippen MR) is 117 cm³/mol. The number of carbonyl (C=O) groups excluding carboxylic acids is 4. The Hall–Kier alpha value is -4.26. The fraction of sp³-hybridized carbons (Fsp3) is 0.391. The largest absolute Gasteiger partial charge is 0.476 e. The van der Waals surface area contributed by atoms with E-state index < -0.39 is 66.2 Å². The van der Waals surface area contributed by atoms with E-state index in [1.165, 1.54) is 6.07 Å². The number of para-hydroxylation sites is 1. The van der Waals surface area contributed by atoms with Crippen LogP contribution in [0.25, 0.3) is 10.9 Å². The average molecular weight is 505 g/mol. The van der Waals surface area contributed by atoms with Crippen molar-refractivity contribution in [2.75, 3.05) is 7.11 Å². The number of ether oxygens (including phenoxy) is 6. The van der Waals surface area contributed by atoms with Crippen LogP contribution in [0.5, 0.6) is 5.75 Å². The number of carbonyl (C=O) groups is 5. The molecule has 1 aromatic carbocycles. The number of fused-ring (bicyclic) bond motifs is 1. The average Bonchev–Trinajstić information content (AvgIpc) is 2.80. The van der Waals surface area contributed by atoms with E-state index in [1.807, 2.05) is 0 Å². The van der Waals surface area contributed by atoms with Gasteiger partial charge < -0.3 is 33.5 Å². The van der Waals surface area contributed by atoms with Gasteiger partial charge in [-0.25, -0.2) is 14.6 Å². The van der Waals surface area contributed by atoms with Crippen molar-refractivity contribution in [3.8, 4) is 5.75 Å². The Kier molecular flexibility index (Phi) is 8.04. The van der Waals surface area contributed by atoms with Gasteiger partial charge in [0.05, 0.1) is 12.6 Å². The Morgan fingerprint density at radius 3 is 2.06 bits per heavy atom. The van der Waals surface area contributed by atoms with Crippen molar-refractivity contribution in [3.05, 3.63) is 36.0 Å². The van der Waals surface area contributed by atoms with E-state index in [9.17, 15) is 29.1 Å². The Morgan fingerprint density at radius 1 is 0.889 bits per heavy atom. The highest BCUT2D eigenvalue weighted by atomic mass is 16.7. The molecule has 1 saturated heterocycles. The van der Waals surface area contributed by atoms with Gasteiger partial charge in [-0.3, -0.25) is 14.4 Å². The van der Waals surface area contributed by atoms with Crippen LogP contribution in [-0.4, -0.2) is 77.8 Å². The summed E-state index contributed by atoms with van der Waals surface area (Å²) in [6.45, 7) is 3.14. The second-order valence-corrected chi connectivity index (χ2v) is 7.62.